The lowest BCUT2D eigenvalue weighted by molar-refractivity contribution is 0.0517. The maximum Gasteiger partial charge on any atom is 0.358 e. The second-order valence-electron chi connectivity index (χ2n) is 8.67. The molecule has 0 unspecified atom stereocenters. The van der Waals surface area contributed by atoms with Gasteiger partial charge in [0.25, 0.3) is 5.91 Å². The molecule has 0 spiro atoms. The van der Waals surface area contributed by atoms with Gasteiger partial charge in [-0.3, -0.25) is 9.48 Å². The molecule has 1 aromatic heterocycles. The number of amides is 1. The monoisotopic (exact) mass is 397 g/mol. The molecule has 2 aromatic rings. The van der Waals surface area contributed by atoms with Crippen LogP contribution in [0.3, 0.4) is 0 Å². The van der Waals surface area contributed by atoms with E-state index in [-0.39, 0.29) is 23.3 Å². The van der Waals surface area contributed by atoms with Crippen molar-refractivity contribution in [3.05, 3.63) is 52.8 Å². The summed E-state index contributed by atoms with van der Waals surface area (Å²) in [5, 5.41) is 4.60. The van der Waals surface area contributed by atoms with E-state index in [2.05, 4.69) is 25.9 Å². The normalized spacial score (nSPS) is 15.4. The Kier molecular flexibility index (Phi) is 6.10. The van der Waals surface area contributed by atoms with Crippen molar-refractivity contribution >= 4 is 11.9 Å². The van der Waals surface area contributed by atoms with Gasteiger partial charge < -0.3 is 9.64 Å². The summed E-state index contributed by atoms with van der Waals surface area (Å²) in [6, 6.07) is 9.72. The van der Waals surface area contributed by atoms with Crippen LogP contribution in [-0.2, 0) is 10.2 Å². The highest BCUT2D eigenvalue weighted by atomic mass is 16.5. The van der Waals surface area contributed by atoms with Gasteiger partial charge in [0.05, 0.1) is 12.6 Å². The van der Waals surface area contributed by atoms with Crippen LogP contribution in [0.5, 0.6) is 0 Å². The zero-order valence-electron chi connectivity index (χ0n) is 18.1. The molecule has 1 aromatic carbocycles. The Bertz CT molecular complexity index is 887. The molecule has 1 fully saturated rings. The zero-order chi connectivity index (χ0) is 21.2. The number of carbonyl (C=O) groups excluding carboxylic acids is 2. The van der Waals surface area contributed by atoms with Crippen molar-refractivity contribution in [3.63, 3.8) is 0 Å². The van der Waals surface area contributed by atoms with E-state index < -0.39 is 0 Å². The molecule has 1 aliphatic heterocycles. The van der Waals surface area contributed by atoms with Gasteiger partial charge in [-0.2, -0.15) is 5.10 Å². The number of benzene rings is 1. The van der Waals surface area contributed by atoms with Crippen LogP contribution >= 0.6 is 0 Å². The number of nitrogens with zero attached hydrogens (tertiary/aromatic N) is 3. The number of likely N-dealkylation sites (tertiary alicyclic amines) is 1. The molecule has 6 heteroatoms. The molecule has 0 bridgehead atoms. The minimum Gasteiger partial charge on any atom is -0.461 e. The molecule has 2 heterocycles. The first-order valence-corrected chi connectivity index (χ1v) is 10.3. The van der Waals surface area contributed by atoms with Gasteiger partial charge in [-0.15, -0.1) is 0 Å². The third-order valence-corrected chi connectivity index (χ3v) is 5.46. The third-order valence-electron chi connectivity index (χ3n) is 5.46. The Morgan fingerprint density at radius 2 is 1.83 bits per heavy atom. The number of rotatable bonds is 4. The molecule has 1 saturated heterocycles. The summed E-state index contributed by atoms with van der Waals surface area (Å²) in [7, 11) is 0. The summed E-state index contributed by atoms with van der Waals surface area (Å²) < 4.78 is 7.13. The van der Waals surface area contributed by atoms with Crippen molar-refractivity contribution in [1.82, 2.24) is 14.7 Å². The zero-order valence-corrected chi connectivity index (χ0v) is 18.1. The fourth-order valence-electron chi connectivity index (χ4n) is 3.83. The molecule has 1 amide bonds. The topological polar surface area (TPSA) is 64.4 Å². The van der Waals surface area contributed by atoms with Gasteiger partial charge in [0.2, 0.25) is 0 Å². The van der Waals surface area contributed by atoms with Crippen molar-refractivity contribution < 1.29 is 14.3 Å². The quantitative estimate of drug-likeness (QED) is 0.727. The summed E-state index contributed by atoms with van der Waals surface area (Å²) in [5.74, 6) is -0.297. The van der Waals surface area contributed by atoms with Gasteiger partial charge in [-0.05, 0) is 44.4 Å². The van der Waals surface area contributed by atoms with Gasteiger partial charge in [0.1, 0.15) is 0 Å². The maximum absolute atomic E-state index is 12.9. The molecule has 0 atom stereocenters. The highest BCUT2D eigenvalue weighted by Crippen LogP contribution is 2.31. The smallest absolute Gasteiger partial charge is 0.358 e. The summed E-state index contributed by atoms with van der Waals surface area (Å²) in [5.41, 5.74) is 3.00. The summed E-state index contributed by atoms with van der Waals surface area (Å²) in [6.45, 7) is 11.8. The van der Waals surface area contributed by atoms with E-state index in [0.717, 1.165) is 29.7 Å². The molecule has 156 valence electrons. The Balaban J connectivity index is 1.77. The van der Waals surface area contributed by atoms with E-state index >= 15 is 0 Å². The molecule has 0 N–H and O–H groups in total. The van der Waals surface area contributed by atoms with E-state index in [0.29, 0.717) is 25.4 Å². The number of esters is 1. The molecule has 1 aliphatic rings. The Morgan fingerprint density at radius 1 is 1.17 bits per heavy atom. The van der Waals surface area contributed by atoms with Gasteiger partial charge in [-0.1, -0.05) is 39.0 Å². The fraction of sp³-hybridized carbons (Fsp3) is 0.522. The van der Waals surface area contributed by atoms with Crippen molar-refractivity contribution in [2.45, 2.75) is 58.9 Å². The van der Waals surface area contributed by atoms with Crippen LogP contribution in [0.15, 0.2) is 30.3 Å². The third kappa shape index (κ3) is 4.52. The molecular formula is C23H31N3O3. The Labute approximate surface area is 172 Å². The van der Waals surface area contributed by atoms with Gasteiger partial charge >= 0.3 is 5.97 Å². The van der Waals surface area contributed by atoms with Crippen LogP contribution in [0.4, 0.5) is 0 Å². The van der Waals surface area contributed by atoms with E-state index in [9.17, 15) is 9.59 Å². The van der Waals surface area contributed by atoms with Crippen LogP contribution in [0.25, 0.3) is 0 Å². The minimum absolute atomic E-state index is 0.0882. The lowest BCUT2D eigenvalue weighted by Crippen LogP contribution is -2.40. The number of hydrogen-bond acceptors (Lipinski definition) is 4. The SMILES string of the molecule is CCOC(=O)c1cc(C(C)(C)C)n(C2CCN(C(=O)c3ccccc3C)CC2)n1. The average Bonchev–Trinajstić information content (AvgIpc) is 3.14. The lowest BCUT2D eigenvalue weighted by Gasteiger charge is -2.34. The molecule has 0 radical (unpaired) electrons. The van der Waals surface area contributed by atoms with Crippen LogP contribution in [0.2, 0.25) is 0 Å². The Morgan fingerprint density at radius 3 is 2.41 bits per heavy atom. The molecule has 3 rings (SSSR count). The number of hydrogen-bond donors (Lipinski definition) is 0. The number of carbonyl (C=O) groups is 2. The summed E-state index contributed by atoms with van der Waals surface area (Å²) in [4.78, 5) is 27.0. The predicted molar refractivity (Wildman–Crippen MR) is 112 cm³/mol. The maximum atomic E-state index is 12.9. The number of piperidine rings is 1. The van der Waals surface area contributed by atoms with Crippen LogP contribution < -0.4 is 0 Å². The highest BCUT2D eigenvalue weighted by molar-refractivity contribution is 5.95. The Hall–Kier alpha value is -2.63. The van der Waals surface area contributed by atoms with Crippen molar-refractivity contribution in [2.24, 2.45) is 0 Å². The van der Waals surface area contributed by atoms with Gasteiger partial charge in [0.15, 0.2) is 5.69 Å². The van der Waals surface area contributed by atoms with Crippen LogP contribution in [-0.4, -0.2) is 46.3 Å². The molecule has 0 aliphatic carbocycles. The van der Waals surface area contributed by atoms with Crippen molar-refractivity contribution in [2.75, 3.05) is 19.7 Å². The fourth-order valence-corrected chi connectivity index (χ4v) is 3.83. The number of aryl methyl sites for hydroxylation is 1. The van der Waals surface area contributed by atoms with E-state index in [1.54, 1.807) is 6.92 Å². The van der Waals surface area contributed by atoms with Crippen LogP contribution in [0.1, 0.15) is 78.7 Å². The first-order valence-electron chi connectivity index (χ1n) is 10.3. The number of aromatic nitrogens is 2. The number of ether oxygens (including phenoxy) is 1. The van der Waals surface area contributed by atoms with Gasteiger partial charge in [0, 0.05) is 29.8 Å². The van der Waals surface area contributed by atoms with Gasteiger partial charge in [-0.25, -0.2) is 4.79 Å². The van der Waals surface area contributed by atoms with E-state index in [1.807, 2.05) is 46.8 Å². The summed E-state index contributed by atoms with van der Waals surface area (Å²) >= 11 is 0. The largest absolute Gasteiger partial charge is 0.461 e. The first kappa shape index (κ1) is 21.1. The van der Waals surface area contributed by atoms with Crippen molar-refractivity contribution in [1.29, 1.82) is 0 Å². The predicted octanol–water partition coefficient (Wildman–Crippen LogP) is 4.14. The lowest BCUT2D eigenvalue weighted by atomic mass is 9.91. The molecule has 0 saturated carbocycles. The first-order chi connectivity index (χ1) is 13.7. The van der Waals surface area contributed by atoms with Crippen LogP contribution in [0, 0.1) is 6.92 Å². The van der Waals surface area contributed by atoms with E-state index in [1.165, 1.54) is 0 Å². The molecular weight excluding hydrogens is 366 g/mol. The molecule has 6 nitrogen and oxygen atoms in total. The second-order valence-corrected chi connectivity index (χ2v) is 8.67. The standard InChI is InChI=1S/C23H31N3O3/c1-6-29-22(28)19-15-20(23(3,4)5)26(24-19)17-11-13-25(14-12-17)21(27)18-10-8-7-9-16(18)2/h7-10,15,17H,6,11-14H2,1-5H3. The average molecular weight is 398 g/mol. The summed E-state index contributed by atoms with van der Waals surface area (Å²) in [6.07, 6.45) is 1.62. The minimum atomic E-state index is -0.385. The second kappa shape index (κ2) is 8.39. The highest BCUT2D eigenvalue weighted by Gasteiger charge is 2.31. The van der Waals surface area contributed by atoms with E-state index in [4.69, 9.17) is 4.74 Å². The van der Waals surface area contributed by atoms with Crippen molar-refractivity contribution in [3.8, 4) is 0 Å². The molecule has 29 heavy (non-hydrogen) atoms.